The zero-order valence-corrected chi connectivity index (χ0v) is 15.9. The van der Waals surface area contributed by atoms with Crippen LogP contribution in [0, 0.1) is 6.92 Å². The minimum atomic E-state index is -5.91. The summed E-state index contributed by atoms with van der Waals surface area (Å²) < 4.78 is 77.7. The maximum atomic E-state index is 13.0. The van der Waals surface area contributed by atoms with Gasteiger partial charge in [-0.25, -0.2) is 0 Å². The van der Waals surface area contributed by atoms with E-state index in [2.05, 4.69) is 0 Å². The summed E-state index contributed by atoms with van der Waals surface area (Å²) in [5.74, 6) is 0. The van der Waals surface area contributed by atoms with E-state index in [9.17, 15) is 36.6 Å². The lowest BCUT2D eigenvalue weighted by atomic mass is 9.78. The van der Waals surface area contributed by atoms with Gasteiger partial charge in [-0.15, -0.1) is 0 Å². The summed E-state index contributed by atoms with van der Waals surface area (Å²) in [5, 5.41) is 19.3. The Morgan fingerprint density at radius 1 is 0.759 bits per heavy atom. The molecule has 0 saturated carbocycles. The van der Waals surface area contributed by atoms with Crippen LogP contribution in [-0.2, 0) is 17.4 Å². The first-order valence-corrected chi connectivity index (χ1v) is 8.88. The van der Waals surface area contributed by atoms with Gasteiger partial charge < -0.3 is 10.2 Å². The Morgan fingerprint density at radius 2 is 1.21 bits per heavy atom. The van der Waals surface area contributed by atoms with Crippen molar-refractivity contribution in [2.24, 2.45) is 0 Å². The zero-order valence-electron chi connectivity index (χ0n) is 15.9. The number of aliphatic hydroxyl groups is 2. The molecule has 0 bridgehead atoms. The van der Waals surface area contributed by atoms with Crippen LogP contribution in [0.1, 0.15) is 35.6 Å². The number of benzene rings is 2. The van der Waals surface area contributed by atoms with E-state index in [1.165, 1.54) is 0 Å². The van der Waals surface area contributed by atoms with Gasteiger partial charge in [-0.1, -0.05) is 61.0 Å². The molecular formula is C21H22F6O2. The summed E-state index contributed by atoms with van der Waals surface area (Å²) in [6.07, 6.45) is -11.1. The van der Waals surface area contributed by atoms with Gasteiger partial charge in [0.05, 0.1) is 6.61 Å². The molecular weight excluding hydrogens is 398 g/mol. The van der Waals surface area contributed by atoms with E-state index in [4.69, 9.17) is 0 Å². The number of rotatable bonds is 6. The molecule has 0 radical (unpaired) electrons. The van der Waals surface area contributed by atoms with Crippen molar-refractivity contribution in [1.82, 2.24) is 0 Å². The van der Waals surface area contributed by atoms with E-state index in [0.717, 1.165) is 23.3 Å². The monoisotopic (exact) mass is 420 g/mol. The van der Waals surface area contributed by atoms with E-state index in [-0.39, 0.29) is 6.61 Å². The molecule has 0 spiro atoms. The summed E-state index contributed by atoms with van der Waals surface area (Å²) in [5.41, 5.74) is -4.42. The second-order valence-electron chi connectivity index (χ2n) is 7.49. The summed E-state index contributed by atoms with van der Waals surface area (Å²) in [6.45, 7) is 3.58. The van der Waals surface area contributed by atoms with E-state index in [1.54, 1.807) is 0 Å². The number of aliphatic hydroxyl groups excluding tert-OH is 1. The van der Waals surface area contributed by atoms with Crippen LogP contribution in [0.25, 0.3) is 0 Å². The van der Waals surface area contributed by atoms with Gasteiger partial charge in [0.25, 0.3) is 5.60 Å². The van der Waals surface area contributed by atoms with E-state index >= 15 is 0 Å². The molecule has 29 heavy (non-hydrogen) atoms. The molecule has 0 aliphatic heterocycles. The third kappa shape index (κ3) is 4.59. The minimum Gasteiger partial charge on any atom is -0.395 e. The lowest BCUT2D eigenvalue weighted by Crippen LogP contribution is -2.53. The fourth-order valence-corrected chi connectivity index (χ4v) is 3.09. The van der Waals surface area contributed by atoms with Gasteiger partial charge in [0.2, 0.25) is 0 Å². The van der Waals surface area contributed by atoms with Crippen molar-refractivity contribution in [3.63, 3.8) is 0 Å². The van der Waals surface area contributed by atoms with Crippen LogP contribution < -0.4 is 0 Å². The number of hydrogen-bond donors (Lipinski definition) is 2. The maximum Gasteiger partial charge on any atom is 0.430 e. The van der Waals surface area contributed by atoms with Crippen molar-refractivity contribution >= 4 is 0 Å². The van der Waals surface area contributed by atoms with Crippen LogP contribution in [-0.4, -0.2) is 29.2 Å². The quantitative estimate of drug-likeness (QED) is 0.632. The second-order valence-corrected chi connectivity index (χ2v) is 7.49. The average Bonchev–Trinajstić information content (AvgIpc) is 2.64. The standard InChI is InChI=1S/C21H22F6O2/c1-14-3-7-16(8-4-14)18(2,13-28)12-11-15-5-9-17(10-6-15)19(29,20(22,23)24)21(25,26)27/h3-10,28-29H,11-13H2,1-2H3. The summed E-state index contributed by atoms with van der Waals surface area (Å²) >= 11 is 0. The Labute approximate surface area is 164 Å². The van der Waals surface area contributed by atoms with E-state index < -0.39 is 28.9 Å². The molecule has 8 heteroatoms. The Bertz CT molecular complexity index is 795. The SMILES string of the molecule is Cc1ccc(C(C)(CO)CCc2ccc(C(O)(C(F)(F)F)C(F)(F)F)cc2)cc1. The molecule has 2 aromatic rings. The first-order valence-electron chi connectivity index (χ1n) is 8.88. The highest BCUT2D eigenvalue weighted by Crippen LogP contribution is 2.50. The Kier molecular flexibility index (Phi) is 6.40. The second kappa shape index (κ2) is 7.99. The number of hydrogen-bond acceptors (Lipinski definition) is 2. The van der Waals surface area contributed by atoms with Crippen LogP contribution in [0.5, 0.6) is 0 Å². The highest BCUT2D eigenvalue weighted by atomic mass is 19.4. The third-order valence-electron chi connectivity index (χ3n) is 5.26. The van der Waals surface area contributed by atoms with Gasteiger partial charge in [0, 0.05) is 11.0 Å². The number of alkyl halides is 6. The van der Waals surface area contributed by atoms with Gasteiger partial charge in [0.1, 0.15) is 0 Å². The summed E-state index contributed by atoms with van der Waals surface area (Å²) in [6, 6.07) is 11.1. The zero-order chi connectivity index (χ0) is 22.1. The molecule has 0 aliphatic rings. The normalized spacial score (nSPS) is 15.2. The van der Waals surface area contributed by atoms with Crippen LogP contribution in [0.4, 0.5) is 26.3 Å². The molecule has 0 saturated heterocycles. The van der Waals surface area contributed by atoms with E-state index in [1.807, 2.05) is 38.1 Å². The minimum absolute atomic E-state index is 0.171. The van der Waals surface area contributed by atoms with Crippen molar-refractivity contribution < 1.29 is 36.6 Å². The van der Waals surface area contributed by atoms with Crippen LogP contribution in [0.2, 0.25) is 0 Å². The lowest BCUT2D eigenvalue weighted by molar-refractivity contribution is -0.376. The first kappa shape index (κ1) is 23.2. The molecule has 0 fully saturated rings. The Hall–Kier alpha value is -2.06. The van der Waals surface area contributed by atoms with Crippen molar-refractivity contribution in [2.45, 2.75) is 50.1 Å². The Morgan fingerprint density at radius 3 is 1.62 bits per heavy atom. The van der Waals surface area contributed by atoms with Crippen molar-refractivity contribution in [1.29, 1.82) is 0 Å². The predicted octanol–water partition coefficient (Wildman–Crippen LogP) is 5.19. The fraction of sp³-hybridized carbons (Fsp3) is 0.429. The highest BCUT2D eigenvalue weighted by Gasteiger charge is 2.71. The molecule has 1 atom stereocenters. The molecule has 0 aromatic heterocycles. The van der Waals surface area contributed by atoms with Crippen molar-refractivity contribution in [2.75, 3.05) is 6.61 Å². The molecule has 0 heterocycles. The smallest absolute Gasteiger partial charge is 0.395 e. The number of aryl methyl sites for hydroxylation is 2. The molecule has 2 N–H and O–H groups in total. The summed E-state index contributed by atoms with van der Waals surface area (Å²) in [4.78, 5) is 0. The molecule has 0 amide bonds. The Balaban J connectivity index is 2.23. The van der Waals surface area contributed by atoms with Gasteiger partial charge in [0.15, 0.2) is 0 Å². The maximum absolute atomic E-state index is 13.0. The molecule has 2 nitrogen and oxygen atoms in total. The topological polar surface area (TPSA) is 40.5 Å². The van der Waals surface area contributed by atoms with Gasteiger partial charge in [-0.3, -0.25) is 0 Å². The molecule has 0 aliphatic carbocycles. The largest absolute Gasteiger partial charge is 0.430 e. The van der Waals surface area contributed by atoms with Crippen molar-refractivity contribution in [3.8, 4) is 0 Å². The lowest BCUT2D eigenvalue weighted by Gasteiger charge is -2.32. The van der Waals surface area contributed by atoms with Crippen LogP contribution in [0.15, 0.2) is 48.5 Å². The van der Waals surface area contributed by atoms with Crippen LogP contribution >= 0.6 is 0 Å². The fourth-order valence-electron chi connectivity index (χ4n) is 3.09. The molecule has 2 rings (SSSR count). The van der Waals surface area contributed by atoms with Crippen LogP contribution in [0.3, 0.4) is 0 Å². The first-order chi connectivity index (χ1) is 13.2. The molecule has 2 aromatic carbocycles. The van der Waals surface area contributed by atoms with Gasteiger partial charge >= 0.3 is 12.4 Å². The van der Waals surface area contributed by atoms with E-state index in [0.29, 0.717) is 30.5 Å². The predicted molar refractivity (Wildman–Crippen MR) is 96.4 cm³/mol. The highest BCUT2D eigenvalue weighted by molar-refractivity contribution is 5.32. The van der Waals surface area contributed by atoms with Crippen molar-refractivity contribution in [3.05, 3.63) is 70.8 Å². The molecule has 160 valence electrons. The summed E-state index contributed by atoms with van der Waals surface area (Å²) in [7, 11) is 0. The van der Waals surface area contributed by atoms with Gasteiger partial charge in [-0.2, -0.15) is 26.3 Å². The number of halogens is 6. The average molecular weight is 420 g/mol. The third-order valence-corrected chi connectivity index (χ3v) is 5.26. The molecule has 1 unspecified atom stereocenters. The van der Waals surface area contributed by atoms with Gasteiger partial charge in [-0.05, 0) is 30.9 Å².